The third-order valence-electron chi connectivity index (χ3n) is 3.41. The standard InChI is InChI=1S/C15H28N2O4/c1-6-20-13(18)8-9-16(5)12-7-10-17(11-12)14(19)21-15(2,3)4/h12H,6-11H2,1-5H3/t12-/m0/s1. The van der Waals surface area contributed by atoms with Crippen LogP contribution in [0.25, 0.3) is 0 Å². The van der Waals surface area contributed by atoms with Crippen LogP contribution >= 0.6 is 0 Å². The summed E-state index contributed by atoms with van der Waals surface area (Å²) in [5.41, 5.74) is -0.467. The zero-order chi connectivity index (χ0) is 16.0. The van der Waals surface area contributed by atoms with Gasteiger partial charge < -0.3 is 19.3 Å². The highest BCUT2D eigenvalue weighted by atomic mass is 16.6. The molecule has 1 aliphatic rings. The molecule has 0 aliphatic carbocycles. The van der Waals surface area contributed by atoms with Crippen molar-refractivity contribution in [3.05, 3.63) is 0 Å². The van der Waals surface area contributed by atoms with E-state index in [0.29, 0.717) is 32.7 Å². The Balaban J connectivity index is 2.36. The lowest BCUT2D eigenvalue weighted by Gasteiger charge is -2.26. The van der Waals surface area contributed by atoms with Crippen molar-refractivity contribution in [2.24, 2.45) is 0 Å². The van der Waals surface area contributed by atoms with Gasteiger partial charge in [-0.15, -0.1) is 0 Å². The van der Waals surface area contributed by atoms with Gasteiger partial charge in [-0.25, -0.2) is 4.79 Å². The van der Waals surface area contributed by atoms with E-state index < -0.39 is 5.60 Å². The fourth-order valence-electron chi connectivity index (χ4n) is 2.28. The van der Waals surface area contributed by atoms with E-state index in [0.717, 1.165) is 6.42 Å². The maximum Gasteiger partial charge on any atom is 0.410 e. The molecule has 1 aliphatic heterocycles. The number of amides is 1. The number of rotatable bonds is 5. The first-order chi connectivity index (χ1) is 9.73. The minimum absolute atomic E-state index is 0.175. The van der Waals surface area contributed by atoms with Crippen molar-refractivity contribution in [2.45, 2.75) is 52.2 Å². The molecule has 1 rings (SSSR count). The molecule has 0 spiro atoms. The van der Waals surface area contributed by atoms with Crippen molar-refractivity contribution in [2.75, 3.05) is 33.3 Å². The molecule has 0 aromatic carbocycles. The normalized spacial score (nSPS) is 19.0. The molecule has 6 heteroatoms. The lowest BCUT2D eigenvalue weighted by atomic mass is 10.2. The second-order valence-corrected chi connectivity index (χ2v) is 6.40. The van der Waals surface area contributed by atoms with Crippen molar-refractivity contribution in [3.8, 4) is 0 Å². The van der Waals surface area contributed by atoms with Gasteiger partial charge in [-0.1, -0.05) is 0 Å². The summed E-state index contributed by atoms with van der Waals surface area (Å²) in [7, 11) is 1.97. The summed E-state index contributed by atoms with van der Waals surface area (Å²) in [5, 5.41) is 0. The first-order valence-corrected chi connectivity index (χ1v) is 7.56. The number of esters is 1. The van der Waals surface area contributed by atoms with E-state index >= 15 is 0 Å². The molecule has 1 heterocycles. The minimum atomic E-state index is -0.467. The Morgan fingerprint density at radius 2 is 2.00 bits per heavy atom. The zero-order valence-corrected chi connectivity index (χ0v) is 13.8. The van der Waals surface area contributed by atoms with E-state index in [1.807, 2.05) is 27.8 Å². The zero-order valence-electron chi connectivity index (χ0n) is 13.8. The molecule has 122 valence electrons. The van der Waals surface area contributed by atoms with Gasteiger partial charge >= 0.3 is 12.1 Å². The molecule has 0 saturated carbocycles. The van der Waals surface area contributed by atoms with E-state index in [1.54, 1.807) is 11.8 Å². The van der Waals surface area contributed by atoms with Crippen molar-refractivity contribution in [1.29, 1.82) is 0 Å². The molecular formula is C15H28N2O4. The summed E-state index contributed by atoms with van der Waals surface area (Å²) in [5.74, 6) is -0.175. The predicted octanol–water partition coefficient (Wildman–Crippen LogP) is 1.88. The average molecular weight is 300 g/mol. The Labute approximate surface area is 127 Å². The maximum atomic E-state index is 12.0. The van der Waals surface area contributed by atoms with Gasteiger partial charge in [0.25, 0.3) is 0 Å². The van der Waals surface area contributed by atoms with E-state index in [1.165, 1.54) is 0 Å². The minimum Gasteiger partial charge on any atom is -0.466 e. The molecule has 0 bridgehead atoms. The number of likely N-dealkylation sites (tertiary alicyclic amines) is 1. The Bertz CT molecular complexity index is 365. The summed E-state index contributed by atoms with van der Waals surface area (Å²) >= 11 is 0. The van der Waals surface area contributed by atoms with Gasteiger partial charge in [0.2, 0.25) is 0 Å². The van der Waals surface area contributed by atoms with Gasteiger partial charge in [-0.05, 0) is 41.2 Å². The van der Waals surface area contributed by atoms with Gasteiger partial charge in [0.15, 0.2) is 0 Å². The van der Waals surface area contributed by atoms with Crippen LogP contribution in [0.1, 0.15) is 40.5 Å². The monoisotopic (exact) mass is 300 g/mol. The topological polar surface area (TPSA) is 59.1 Å². The SMILES string of the molecule is CCOC(=O)CCN(C)[C@H]1CCN(C(=O)OC(C)(C)C)C1. The lowest BCUT2D eigenvalue weighted by molar-refractivity contribution is -0.143. The van der Waals surface area contributed by atoms with Crippen LogP contribution in [0, 0.1) is 0 Å². The fraction of sp³-hybridized carbons (Fsp3) is 0.867. The predicted molar refractivity (Wildman–Crippen MR) is 80.1 cm³/mol. The van der Waals surface area contributed by atoms with Gasteiger partial charge in [-0.3, -0.25) is 4.79 Å². The van der Waals surface area contributed by atoms with Crippen LogP contribution in [0.15, 0.2) is 0 Å². The number of carbonyl (C=O) groups excluding carboxylic acids is 2. The van der Waals surface area contributed by atoms with Gasteiger partial charge in [0.05, 0.1) is 13.0 Å². The third-order valence-corrected chi connectivity index (χ3v) is 3.41. The Morgan fingerprint density at radius 3 is 2.57 bits per heavy atom. The van der Waals surface area contributed by atoms with Crippen LogP contribution in [-0.4, -0.2) is 66.8 Å². The summed E-state index contributed by atoms with van der Waals surface area (Å²) in [4.78, 5) is 27.2. The third kappa shape index (κ3) is 6.33. The van der Waals surface area contributed by atoms with E-state index in [4.69, 9.17) is 9.47 Å². The molecule has 1 saturated heterocycles. The molecular weight excluding hydrogens is 272 g/mol. The highest BCUT2D eigenvalue weighted by Gasteiger charge is 2.31. The highest BCUT2D eigenvalue weighted by Crippen LogP contribution is 2.18. The fourth-order valence-corrected chi connectivity index (χ4v) is 2.28. The van der Waals surface area contributed by atoms with E-state index in [9.17, 15) is 9.59 Å². The number of likely N-dealkylation sites (N-methyl/N-ethyl adjacent to an activating group) is 1. The van der Waals surface area contributed by atoms with Crippen molar-refractivity contribution in [3.63, 3.8) is 0 Å². The van der Waals surface area contributed by atoms with Crippen LogP contribution in [-0.2, 0) is 14.3 Å². The molecule has 1 atom stereocenters. The quantitative estimate of drug-likeness (QED) is 0.726. The number of hydrogen-bond acceptors (Lipinski definition) is 5. The van der Waals surface area contributed by atoms with Crippen molar-refractivity contribution in [1.82, 2.24) is 9.80 Å². The lowest BCUT2D eigenvalue weighted by Crippen LogP contribution is -2.39. The Hall–Kier alpha value is -1.30. The molecule has 6 nitrogen and oxygen atoms in total. The van der Waals surface area contributed by atoms with Gasteiger partial charge in [-0.2, -0.15) is 0 Å². The maximum absolute atomic E-state index is 12.0. The van der Waals surface area contributed by atoms with Gasteiger partial charge in [0, 0.05) is 25.7 Å². The van der Waals surface area contributed by atoms with Crippen LogP contribution in [0.3, 0.4) is 0 Å². The van der Waals surface area contributed by atoms with E-state index in [-0.39, 0.29) is 18.1 Å². The second-order valence-electron chi connectivity index (χ2n) is 6.40. The molecule has 1 amide bonds. The van der Waals surface area contributed by atoms with Crippen molar-refractivity contribution >= 4 is 12.1 Å². The Kier molecular flexibility index (Phi) is 6.45. The number of hydrogen-bond donors (Lipinski definition) is 0. The van der Waals surface area contributed by atoms with Crippen LogP contribution in [0.2, 0.25) is 0 Å². The van der Waals surface area contributed by atoms with Crippen LogP contribution < -0.4 is 0 Å². The summed E-state index contributed by atoms with van der Waals surface area (Å²) < 4.78 is 10.3. The first-order valence-electron chi connectivity index (χ1n) is 7.56. The van der Waals surface area contributed by atoms with Crippen LogP contribution in [0.4, 0.5) is 4.79 Å². The van der Waals surface area contributed by atoms with Crippen molar-refractivity contribution < 1.29 is 19.1 Å². The molecule has 0 aromatic rings. The second kappa shape index (κ2) is 7.64. The van der Waals surface area contributed by atoms with Crippen LogP contribution in [0.5, 0.6) is 0 Å². The summed E-state index contributed by atoms with van der Waals surface area (Å²) in [6, 6.07) is 0.270. The number of ether oxygens (including phenoxy) is 2. The molecule has 0 radical (unpaired) electrons. The number of nitrogens with zero attached hydrogens (tertiary/aromatic N) is 2. The van der Waals surface area contributed by atoms with Gasteiger partial charge in [0.1, 0.15) is 5.60 Å². The van der Waals surface area contributed by atoms with E-state index in [2.05, 4.69) is 4.90 Å². The summed E-state index contributed by atoms with van der Waals surface area (Å²) in [6.45, 7) is 9.80. The molecule has 0 unspecified atom stereocenters. The highest BCUT2D eigenvalue weighted by molar-refractivity contribution is 5.69. The molecule has 0 N–H and O–H groups in total. The average Bonchev–Trinajstić information content (AvgIpc) is 2.84. The number of carbonyl (C=O) groups is 2. The Morgan fingerprint density at radius 1 is 1.33 bits per heavy atom. The first kappa shape index (κ1) is 17.8. The molecule has 0 aromatic heterocycles. The smallest absolute Gasteiger partial charge is 0.410 e. The molecule has 1 fully saturated rings. The summed E-state index contributed by atoms with van der Waals surface area (Å²) in [6.07, 6.45) is 1.02. The largest absolute Gasteiger partial charge is 0.466 e. The molecule has 21 heavy (non-hydrogen) atoms.